The lowest BCUT2D eigenvalue weighted by atomic mass is 9.86. The summed E-state index contributed by atoms with van der Waals surface area (Å²) in [6, 6.07) is 4.93. The summed E-state index contributed by atoms with van der Waals surface area (Å²) in [5, 5.41) is 9.37. The minimum atomic E-state index is -0.603. The lowest BCUT2D eigenvalue weighted by Crippen LogP contribution is -2.15. The lowest BCUT2D eigenvalue weighted by Gasteiger charge is -2.19. The second kappa shape index (κ2) is 3.33. The van der Waals surface area contributed by atoms with Crippen molar-refractivity contribution in [3.8, 4) is 5.75 Å². The number of hydrogen-bond acceptors (Lipinski definition) is 2. The van der Waals surface area contributed by atoms with Crippen molar-refractivity contribution < 1.29 is 9.90 Å². The fourth-order valence-corrected chi connectivity index (χ4v) is 1.20. The van der Waals surface area contributed by atoms with Crippen LogP contribution in [0.3, 0.4) is 0 Å². The van der Waals surface area contributed by atoms with Gasteiger partial charge in [-0.15, -0.1) is 0 Å². The van der Waals surface area contributed by atoms with Gasteiger partial charge < -0.3 is 10.8 Å². The molecule has 0 aliphatic carbocycles. The quantitative estimate of drug-likeness (QED) is 0.714. The van der Waals surface area contributed by atoms with Crippen LogP contribution in [0.1, 0.15) is 36.7 Å². The number of carbonyl (C=O) groups is 1. The van der Waals surface area contributed by atoms with Gasteiger partial charge in [-0.3, -0.25) is 4.79 Å². The van der Waals surface area contributed by atoms with E-state index >= 15 is 0 Å². The van der Waals surface area contributed by atoms with Gasteiger partial charge in [-0.1, -0.05) is 26.8 Å². The molecule has 1 amide bonds. The Kier molecular flexibility index (Phi) is 2.51. The molecule has 1 rings (SSSR count). The highest BCUT2D eigenvalue weighted by Gasteiger charge is 2.16. The van der Waals surface area contributed by atoms with E-state index in [0.717, 1.165) is 5.56 Å². The molecule has 0 aliphatic rings. The van der Waals surface area contributed by atoms with Gasteiger partial charge in [-0.05, 0) is 23.1 Å². The Morgan fingerprint density at radius 3 is 2.36 bits per heavy atom. The van der Waals surface area contributed by atoms with Crippen molar-refractivity contribution in [3.63, 3.8) is 0 Å². The predicted molar refractivity (Wildman–Crippen MR) is 55.3 cm³/mol. The van der Waals surface area contributed by atoms with Crippen molar-refractivity contribution in [2.45, 2.75) is 26.2 Å². The molecular formula is C11H15NO2. The summed E-state index contributed by atoms with van der Waals surface area (Å²) in [5.41, 5.74) is 6.22. The van der Waals surface area contributed by atoms with E-state index in [1.54, 1.807) is 12.1 Å². The fraction of sp³-hybridized carbons (Fsp3) is 0.364. The normalized spacial score (nSPS) is 11.4. The molecule has 3 nitrogen and oxygen atoms in total. The van der Waals surface area contributed by atoms with E-state index < -0.39 is 5.91 Å². The van der Waals surface area contributed by atoms with Gasteiger partial charge in [0.15, 0.2) is 0 Å². The molecule has 1 aromatic rings. The van der Waals surface area contributed by atoms with Crippen molar-refractivity contribution in [1.82, 2.24) is 0 Å². The highest BCUT2D eigenvalue weighted by Crippen LogP contribution is 2.26. The molecule has 0 unspecified atom stereocenters. The second-order valence-electron chi connectivity index (χ2n) is 4.35. The van der Waals surface area contributed by atoms with Crippen LogP contribution in [-0.2, 0) is 5.41 Å². The molecule has 14 heavy (non-hydrogen) atoms. The molecule has 0 aromatic heterocycles. The molecule has 0 fully saturated rings. The zero-order valence-corrected chi connectivity index (χ0v) is 8.66. The second-order valence-corrected chi connectivity index (χ2v) is 4.35. The van der Waals surface area contributed by atoms with E-state index in [2.05, 4.69) is 0 Å². The van der Waals surface area contributed by atoms with E-state index in [1.165, 1.54) is 6.07 Å². The molecule has 0 aliphatic heterocycles. The van der Waals surface area contributed by atoms with Crippen LogP contribution < -0.4 is 5.73 Å². The van der Waals surface area contributed by atoms with Gasteiger partial charge >= 0.3 is 0 Å². The number of amides is 1. The lowest BCUT2D eigenvalue weighted by molar-refractivity contribution is 0.0997. The monoisotopic (exact) mass is 193 g/mol. The Morgan fingerprint density at radius 1 is 1.36 bits per heavy atom. The summed E-state index contributed by atoms with van der Waals surface area (Å²) in [7, 11) is 0. The predicted octanol–water partition coefficient (Wildman–Crippen LogP) is 1.79. The molecule has 0 spiro atoms. The van der Waals surface area contributed by atoms with E-state index in [-0.39, 0.29) is 16.7 Å². The average Bonchev–Trinajstić information content (AvgIpc) is 2.02. The Labute approximate surface area is 83.6 Å². The van der Waals surface area contributed by atoms with Gasteiger partial charge in [0.05, 0.1) is 5.56 Å². The highest BCUT2D eigenvalue weighted by molar-refractivity contribution is 5.95. The minimum Gasteiger partial charge on any atom is -0.507 e. The average molecular weight is 193 g/mol. The number of nitrogens with two attached hydrogens (primary N) is 1. The van der Waals surface area contributed by atoms with E-state index in [0.29, 0.717) is 0 Å². The number of phenols is 1. The molecule has 0 saturated heterocycles. The van der Waals surface area contributed by atoms with Gasteiger partial charge in [0.2, 0.25) is 0 Å². The number of hydrogen-bond donors (Lipinski definition) is 2. The largest absolute Gasteiger partial charge is 0.507 e. The van der Waals surface area contributed by atoms with Crippen LogP contribution in [0.25, 0.3) is 0 Å². The summed E-state index contributed by atoms with van der Waals surface area (Å²) >= 11 is 0. The molecule has 1 aromatic carbocycles. The standard InChI is InChI=1S/C11H15NO2/c1-11(2,3)7-4-5-9(13)8(6-7)10(12)14/h4-6,13H,1-3H3,(H2,12,14). The van der Waals surface area contributed by atoms with Crippen LogP contribution in [0.4, 0.5) is 0 Å². The molecule has 0 atom stereocenters. The van der Waals surface area contributed by atoms with Crippen LogP contribution in [0, 0.1) is 0 Å². The van der Waals surface area contributed by atoms with Crippen LogP contribution >= 0.6 is 0 Å². The molecule has 0 bridgehead atoms. The first kappa shape index (κ1) is 10.6. The third-order valence-electron chi connectivity index (χ3n) is 2.13. The Hall–Kier alpha value is -1.51. The van der Waals surface area contributed by atoms with Gasteiger partial charge in [0.25, 0.3) is 5.91 Å². The molecule has 3 heteroatoms. The van der Waals surface area contributed by atoms with E-state index in [4.69, 9.17) is 5.73 Å². The summed E-state index contributed by atoms with van der Waals surface area (Å²) in [4.78, 5) is 11.0. The van der Waals surface area contributed by atoms with Crippen LogP contribution in [0.15, 0.2) is 18.2 Å². The van der Waals surface area contributed by atoms with E-state index in [9.17, 15) is 9.90 Å². The summed E-state index contributed by atoms with van der Waals surface area (Å²) in [6.07, 6.45) is 0. The number of benzene rings is 1. The first-order valence-electron chi connectivity index (χ1n) is 4.45. The van der Waals surface area contributed by atoms with Gasteiger partial charge in [-0.2, -0.15) is 0 Å². The van der Waals surface area contributed by atoms with Gasteiger partial charge in [0, 0.05) is 0 Å². The van der Waals surface area contributed by atoms with Crippen LogP contribution in [-0.4, -0.2) is 11.0 Å². The molecular weight excluding hydrogens is 178 g/mol. The van der Waals surface area contributed by atoms with Gasteiger partial charge in [-0.25, -0.2) is 0 Å². The van der Waals surface area contributed by atoms with Crippen LogP contribution in [0.2, 0.25) is 0 Å². The summed E-state index contributed by atoms with van der Waals surface area (Å²) in [6.45, 7) is 6.10. The Morgan fingerprint density at radius 2 is 1.93 bits per heavy atom. The Bertz CT molecular complexity index is 364. The zero-order chi connectivity index (χ0) is 10.9. The number of rotatable bonds is 1. The van der Waals surface area contributed by atoms with E-state index in [1.807, 2.05) is 20.8 Å². The van der Waals surface area contributed by atoms with Crippen LogP contribution in [0.5, 0.6) is 5.75 Å². The molecule has 0 radical (unpaired) electrons. The van der Waals surface area contributed by atoms with Crippen molar-refractivity contribution in [2.75, 3.05) is 0 Å². The maximum atomic E-state index is 11.0. The number of primary amides is 1. The molecule has 3 N–H and O–H groups in total. The van der Waals surface area contributed by atoms with Gasteiger partial charge in [0.1, 0.15) is 5.75 Å². The maximum Gasteiger partial charge on any atom is 0.252 e. The third kappa shape index (κ3) is 2.05. The Balaban J connectivity index is 3.27. The van der Waals surface area contributed by atoms with Crippen molar-refractivity contribution in [1.29, 1.82) is 0 Å². The molecule has 76 valence electrons. The van der Waals surface area contributed by atoms with Crippen molar-refractivity contribution in [2.24, 2.45) is 5.73 Å². The maximum absolute atomic E-state index is 11.0. The first-order chi connectivity index (χ1) is 6.32. The zero-order valence-electron chi connectivity index (χ0n) is 8.66. The van der Waals surface area contributed by atoms with Crippen molar-refractivity contribution in [3.05, 3.63) is 29.3 Å². The topological polar surface area (TPSA) is 63.3 Å². The third-order valence-corrected chi connectivity index (χ3v) is 2.13. The van der Waals surface area contributed by atoms with Crippen molar-refractivity contribution >= 4 is 5.91 Å². The number of carbonyl (C=O) groups excluding carboxylic acids is 1. The fourth-order valence-electron chi connectivity index (χ4n) is 1.20. The highest BCUT2D eigenvalue weighted by atomic mass is 16.3. The smallest absolute Gasteiger partial charge is 0.252 e. The SMILES string of the molecule is CC(C)(C)c1ccc(O)c(C(N)=O)c1. The first-order valence-corrected chi connectivity index (χ1v) is 4.45. The summed E-state index contributed by atoms with van der Waals surface area (Å²) < 4.78 is 0. The molecule has 0 saturated carbocycles. The molecule has 0 heterocycles. The number of aromatic hydroxyl groups is 1. The summed E-state index contributed by atoms with van der Waals surface area (Å²) in [5.74, 6) is -0.667. The minimum absolute atomic E-state index is 0.0576.